The van der Waals surface area contributed by atoms with Crippen LogP contribution in [0.4, 0.5) is 11.4 Å². The summed E-state index contributed by atoms with van der Waals surface area (Å²) < 4.78 is 60.6. The van der Waals surface area contributed by atoms with Crippen LogP contribution in [0.5, 0.6) is 0 Å². The first-order valence-corrected chi connectivity index (χ1v) is 10.1. The molecule has 2 N–H and O–H groups in total. The quantitative estimate of drug-likeness (QED) is 0.342. The lowest BCUT2D eigenvalue weighted by atomic mass is 10.2. The molecule has 1 aromatic carbocycles. The third-order valence-electron chi connectivity index (χ3n) is 3.07. The van der Waals surface area contributed by atoms with Crippen molar-refractivity contribution < 1.29 is 30.9 Å². The molecule has 0 amide bonds. The zero-order valence-electron chi connectivity index (χ0n) is 12.6. The molecule has 0 saturated carbocycles. The summed E-state index contributed by atoms with van der Waals surface area (Å²) in [6.45, 7) is 0.263. The van der Waals surface area contributed by atoms with E-state index in [9.17, 15) is 26.9 Å². The van der Waals surface area contributed by atoms with Crippen LogP contribution in [0, 0.1) is 10.1 Å². The van der Waals surface area contributed by atoms with Crippen LogP contribution < -0.4 is 4.90 Å². The molecule has 1 aromatic rings. The van der Waals surface area contributed by atoms with Gasteiger partial charge in [0.25, 0.3) is 25.9 Å². The van der Waals surface area contributed by atoms with Gasteiger partial charge in [0.2, 0.25) is 0 Å². The van der Waals surface area contributed by atoms with Gasteiger partial charge in [-0.05, 0) is 18.9 Å². The predicted molar refractivity (Wildman–Crippen MR) is 87.4 cm³/mol. The van der Waals surface area contributed by atoms with E-state index in [2.05, 4.69) is 0 Å². The van der Waals surface area contributed by atoms with Crippen molar-refractivity contribution in [3.8, 4) is 0 Å². The van der Waals surface area contributed by atoms with Crippen molar-refractivity contribution in [1.29, 1.82) is 0 Å². The highest BCUT2D eigenvalue weighted by atomic mass is 32.2. The number of nitrogens with zero attached hydrogens (tertiary/aromatic N) is 2. The summed E-state index contributed by atoms with van der Waals surface area (Å²) in [6, 6.07) is 5.58. The summed E-state index contributed by atoms with van der Waals surface area (Å²) in [5.74, 6) is -0.979. The van der Waals surface area contributed by atoms with Crippen LogP contribution >= 0.6 is 0 Å². The highest BCUT2D eigenvalue weighted by molar-refractivity contribution is 7.86. The zero-order valence-corrected chi connectivity index (χ0v) is 14.2. The first-order chi connectivity index (χ1) is 11.0. The number of nitro benzene ring substituents is 1. The van der Waals surface area contributed by atoms with Gasteiger partial charge in [0, 0.05) is 30.9 Å². The van der Waals surface area contributed by atoms with Gasteiger partial charge in [0.1, 0.15) is 0 Å². The smallest absolute Gasteiger partial charge is 0.271 e. The van der Waals surface area contributed by atoms with Gasteiger partial charge in [-0.1, -0.05) is 6.07 Å². The molecule has 0 heterocycles. The number of hydrogen-bond donors (Lipinski definition) is 2. The number of anilines is 1. The van der Waals surface area contributed by atoms with Crippen LogP contribution in [0.3, 0.4) is 0 Å². The Hall–Kier alpha value is -1.76. The Labute approximate surface area is 139 Å². The Balaban J connectivity index is 2.86. The van der Waals surface area contributed by atoms with Crippen LogP contribution in [0.1, 0.15) is 12.8 Å². The summed E-state index contributed by atoms with van der Waals surface area (Å²) in [4.78, 5) is 11.8. The topological polar surface area (TPSA) is 155 Å². The van der Waals surface area contributed by atoms with E-state index in [1.807, 2.05) is 0 Å². The Kier molecular flexibility index (Phi) is 7.08. The maximum absolute atomic E-state index is 10.8. The molecule has 0 radical (unpaired) electrons. The Morgan fingerprint density at radius 2 is 1.50 bits per heavy atom. The molecular weight excluding hydrogens is 364 g/mol. The average Bonchev–Trinajstić information content (AvgIpc) is 2.43. The molecule has 0 bridgehead atoms. The van der Waals surface area contributed by atoms with Crippen molar-refractivity contribution >= 4 is 31.6 Å². The summed E-state index contributed by atoms with van der Waals surface area (Å²) in [5.41, 5.74) is 0.247. The second-order valence-corrected chi connectivity index (χ2v) is 8.19. The lowest BCUT2D eigenvalue weighted by Gasteiger charge is -2.24. The third-order valence-corrected chi connectivity index (χ3v) is 4.68. The van der Waals surface area contributed by atoms with Crippen molar-refractivity contribution in [2.75, 3.05) is 29.5 Å². The largest absolute Gasteiger partial charge is 0.371 e. The fraction of sp³-hybridized carbons (Fsp3) is 0.500. The maximum Gasteiger partial charge on any atom is 0.271 e. The number of hydrogen-bond acceptors (Lipinski definition) is 7. The van der Waals surface area contributed by atoms with Crippen LogP contribution in [0.15, 0.2) is 24.3 Å². The molecule has 12 heteroatoms. The van der Waals surface area contributed by atoms with Crippen molar-refractivity contribution in [1.82, 2.24) is 0 Å². The molecule has 0 aliphatic carbocycles. The van der Waals surface area contributed by atoms with E-state index in [-0.39, 0.29) is 31.6 Å². The molecule has 0 aliphatic rings. The van der Waals surface area contributed by atoms with Gasteiger partial charge in [-0.3, -0.25) is 19.2 Å². The predicted octanol–water partition coefficient (Wildman–Crippen LogP) is 0.957. The second kappa shape index (κ2) is 8.37. The van der Waals surface area contributed by atoms with Gasteiger partial charge in [0.15, 0.2) is 0 Å². The number of benzene rings is 1. The minimum atomic E-state index is -4.14. The Bertz CT molecular complexity index is 738. The van der Waals surface area contributed by atoms with E-state index in [0.29, 0.717) is 5.69 Å². The van der Waals surface area contributed by atoms with E-state index >= 15 is 0 Å². The molecule has 0 spiro atoms. The summed E-state index contributed by atoms with van der Waals surface area (Å²) in [6.07, 6.45) is 0.0980. The monoisotopic (exact) mass is 382 g/mol. The van der Waals surface area contributed by atoms with Crippen LogP contribution in [-0.2, 0) is 20.2 Å². The van der Waals surface area contributed by atoms with Gasteiger partial charge >= 0.3 is 0 Å². The summed E-state index contributed by atoms with van der Waals surface area (Å²) in [5, 5.41) is 10.8. The van der Waals surface area contributed by atoms with Gasteiger partial charge in [-0.25, -0.2) is 0 Å². The normalized spacial score (nSPS) is 12.1. The van der Waals surface area contributed by atoms with Crippen LogP contribution in [-0.4, -0.2) is 55.5 Å². The molecule has 0 unspecified atom stereocenters. The van der Waals surface area contributed by atoms with E-state index in [4.69, 9.17) is 9.11 Å². The van der Waals surface area contributed by atoms with Crippen molar-refractivity contribution in [2.24, 2.45) is 0 Å². The lowest BCUT2D eigenvalue weighted by Crippen LogP contribution is -2.28. The van der Waals surface area contributed by atoms with E-state index in [1.165, 1.54) is 18.2 Å². The SMILES string of the molecule is O=[N+]([O-])c1cccc(N(CCCS(=O)(=O)O)CCCS(=O)(=O)O)c1. The fourth-order valence-corrected chi connectivity index (χ4v) is 3.04. The molecule has 136 valence electrons. The maximum atomic E-state index is 10.8. The van der Waals surface area contributed by atoms with Gasteiger partial charge < -0.3 is 4.90 Å². The Morgan fingerprint density at radius 1 is 1.00 bits per heavy atom. The third kappa shape index (κ3) is 8.19. The molecule has 0 aliphatic heterocycles. The molecule has 10 nitrogen and oxygen atoms in total. The highest BCUT2D eigenvalue weighted by Crippen LogP contribution is 2.21. The molecule has 0 aromatic heterocycles. The zero-order chi connectivity index (χ0) is 18.4. The molecule has 0 fully saturated rings. The molecule has 24 heavy (non-hydrogen) atoms. The molecular formula is C12H18N2O8S2. The van der Waals surface area contributed by atoms with E-state index < -0.39 is 36.7 Å². The number of non-ortho nitro benzene ring substituents is 1. The minimum absolute atomic E-state index is 0.0490. The molecule has 0 saturated heterocycles. The van der Waals surface area contributed by atoms with Gasteiger partial charge in [-0.15, -0.1) is 0 Å². The van der Waals surface area contributed by atoms with Gasteiger partial charge in [0.05, 0.1) is 16.4 Å². The fourth-order valence-electron chi connectivity index (χ4n) is 2.05. The van der Waals surface area contributed by atoms with Crippen molar-refractivity contribution in [3.63, 3.8) is 0 Å². The van der Waals surface area contributed by atoms with Crippen LogP contribution in [0.25, 0.3) is 0 Å². The van der Waals surface area contributed by atoms with Crippen molar-refractivity contribution in [2.45, 2.75) is 12.8 Å². The lowest BCUT2D eigenvalue weighted by molar-refractivity contribution is -0.384. The first kappa shape index (κ1) is 20.3. The molecule has 0 atom stereocenters. The first-order valence-electron chi connectivity index (χ1n) is 6.88. The Morgan fingerprint density at radius 3 is 1.92 bits per heavy atom. The van der Waals surface area contributed by atoms with E-state index in [0.717, 1.165) is 0 Å². The minimum Gasteiger partial charge on any atom is -0.371 e. The second-order valence-electron chi connectivity index (χ2n) is 5.04. The van der Waals surface area contributed by atoms with Crippen molar-refractivity contribution in [3.05, 3.63) is 34.4 Å². The van der Waals surface area contributed by atoms with E-state index in [1.54, 1.807) is 11.0 Å². The summed E-state index contributed by atoms with van der Waals surface area (Å²) in [7, 11) is -8.28. The molecule has 1 rings (SSSR count). The van der Waals surface area contributed by atoms with Gasteiger partial charge in [-0.2, -0.15) is 16.8 Å². The summed E-state index contributed by atoms with van der Waals surface area (Å²) >= 11 is 0. The highest BCUT2D eigenvalue weighted by Gasteiger charge is 2.14. The number of rotatable bonds is 10. The average molecular weight is 382 g/mol. The van der Waals surface area contributed by atoms with Crippen LogP contribution in [0.2, 0.25) is 0 Å². The number of nitro groups is 1. The standard InChI is InChI=1S/C12H18N2O8S2/c15-14(16)12-5-1-4-11(10-12)13(6-2-8-23(17,18)19)7-3-9-24(20,21)22/h1,4-5,10H,2-3,6-9H2,(H,17,18,19)(H,20,21,22).